The van der Waals surface area contributed by atoms with E-state index in [1.165, 1.54) is 6.92 Å². The highest BCUT2D eigenvalue weighted by Crippen LogP contribution is 2.21. The quantitative estimate of drug-likeness (QED) is 0.711. The van der Waals surface area contributed by atoms with Crippen molar-refractivity contribution in [2.75, 3.05) is 39.3 Å². The molecule has 1 aliphatic rings. The zero-order valence-corrected chi connectivity index (χ0v) is 16.4. The van der Waals surface area contributed by atoms with Gasteiger partial charge in [0.25, 0.3) is 0 Å². The molecule has 2 rings (SSSR count). The van der Waals surface area contributed by atoms with Crippen LogP contribution in [0.25, 0.3) is 0 Å². The van der Waals surface area contributed by atoms with Gasteiger partial charge in [0.1, 0.15) is 0 Å². The van der Waals surface area contributed by atoms with Crippen LogP contribution in [0.2, 0.25) is 0 Å². The molecule has 1 saturated heterocycles. The summed E-state index contributed by atoms with van der Waals surface area (Å²) in [7, 11) is 0. The molecule has 1 aromatic heterocycles. The van der Waals surface area contributed by atoms with Crippen molar-refractivity contribution < 1.29 is 14.4 Å². The fraction of sp³-hybridized carbons (Fsp3) is 0.632. The van der Waals surface area contributed by atoms with Crippen molar-refractivity contribution in [3.63, 3.8) is 0 Å². The van der Waals surface area contributed by atoms with E-state index in [9.17, 15) is 14.4 Å². The molecular formula is C19H30N4O3. The maximum Gasteiger partial charge on any atom is 0.234 e. The lowest BCUT2D eigenvalue weighted by Gasteiger charge is -2.37. The van der Waals surface area contributed by atoms with E-state index in [0.717, 1.165) is 37.4 Å². The second-order valence-corrected chi connectivity index (χ2v) is 6.99. The van der Waals surface area contributed by atoms with Gasteiger partial charge < -0.3 is 10.3 Å². The van der Waals surface area contributed by atoms with Gasteiger partial charge in [0.2, 0.25) is 5.91 Å². The second-order valence-electron chi connectivity index (χ2n) is 6.99. The van der Waals surface area contributed by atoms with E-state index in [0.29, 0.717) is 24.3 Å². The molecule has 2 heterocycles. The Morgan fingerprint density at radius 1 is 1.15 bits per heavy atom. The molecule has 1 unspecified atom stereocenters. The first kappa shape index (κ1) is 20.3. The molecule has 144 valence electrons. The van der Waals surface area contributed by atoms with Gasteiger partial charge in [0.05, 0.1) is 18.3 Å². The Labute approximate surface area is 155 Å². The Balaban J connectivity index is 1.99. The van der Waals surface area contributed by atoms with Gasteiger partial charge in [0.15, 0.2) is 11.6 Å². The molecule has 0 aliphatic carbocycles. The van der Waals surface area contributed by atoms with E-state index >= 15 is 0 Å². The number of piperazine rings is 1. The number of ketones is 2. The van der Waals surface area contributed by atoms with E-state index < -0.39 is 0 Å². The number of amides is 1. The topological polar surface area (TPSA) is 85.5 Å². The minimum absolute atomic E-state index is 0.00951. The molecule has 26 heavy (non-hydrogen) atoms. The Kier molecular flexibility index (Phi) is 6.72. The van der Waals surface area contributed by atoms with Crippen LogP contribution in [0.1, 0.15) is 52.9 Å². The van der Waals surface area contributed by atoms with E-state index in [1.807, 2.05) is 27.7 Å². The van der Waals surface area contributed by atoms with Crippen molar-refractivity contribution in [1.29, 1.82) is 0 Å². The number of rotatable bonds is 7. The summed E-state index contributed by atoms with van der Waals surface area (Å²) in [4.78, 5) is 43.8. The highest BCUT2D eigenvalue weighted by Gasteiger charge is 2.29. The molecular weight excluding hydrogens is 332 g/mol. The number of H-pyrrole nitrogens is 1. The van der Waals surface area contributed by atoms with Crippen LogP contribution in [-0.2, 0) is 4.79 Å². The van der Waals surface area contributed by atoms with Crippen molar-refractivity contribution in [3.05, 3.63) is 22.5 Å². The summed E-state index contributed by atoms with van der Waals surface area (Å²) in [6.45, 7) is 13.0. The molecule has 2 N–H and O–H groups in total. The lowest BCUT2D eigenvalue weighted by Crippen LogP contribution is -2.53. The number of nitrogens with one attached hydrogen (secondary N) is 2. The minimum atomic E-state index is -0.266. The number of carbonyl (C=O) groups excluding carboxylic acids is 3. The third-order valence-corrected chi connectivity index (χ3v) is 5.11. The Bertz CT molecular complexity index is 687. The highest BCUT2D eigenvalue weighted by atomic mass is 16.2. The van der Waals surface area contributed by atoms with Crippen molar-refractivity contribution in [1.82, 2.24) is 20.1 Å². The fourth-order valence-electron chi connectivity index (χ4n) is 3.66. The molecule has 0 aromatic carbocycles. The lowest BCUT2D eigenvalue weighted by atomic mass is 10.0. The van der Waals surface area contributed by atoms with Crippen LogP contribution in [-0.4, -0.2) is 77.6 Å². The normalized spacial score (nSPS) is 17.1. The Morgan fingerprint density at radius 3 is 2.27 bits per heavy atom. The van der Waals surface area contributed by atoms with Gasteiger partial charge in [-0.25, -0.2) is 0 Å². The largest absolute Gasteiger partial charge is 0.355 e. The summed E-state index contributed by atoms with van der Waals surface area (Å²) in [5, 5.41) is 2.81. The molecule has 7 heteroatoms. The molecule has 1 amide bonds. The predicted molar refractivity (Wildman–Crippen MR) is 101 cm³/mol. The Hall–Kier alpha value is -1.99. The van der Waals surface area contributed by atoms with Crippen molar-refractivity contribution in [3.8, 4) is 0 Å². The summed E-state index contributed by atoms with van der Waals surface area (Å²) >= 11 is 0. The third-order valence-electron chi connectivity index (χ3n) is 5.11. The smallest absolute Gasteiger partial charge is 0.234 e. The van der Waals surface area contributed by atoms with Gasteiger partial charge in [-0.3, -0.25) is 24.2 Å². The number of likely N-dealkylation sites (N-methyl/N-ethyl adjacent to an activating group) is 1. The Morgan fingerprint density at radius 2 is 1.77 bits per heavy atom. The molecule has 0 saturated carbocycles. The molecule has 1 aromatic rings. The van der Waals surface area contributed by atoms with Crippen LogP contribution in [0.5, 0.6) is 0 Å². The van der Waals surface area contributed by atoms with E-state index in [1.54, 1.807) is 0 Å². The van der Waals surface area contributed by atoms with Crippen molar-refractivity contribution >= 4 is 17.5 Å². The summed E-state index contributed by atoms with van der Waals surface area (Å²) in [6.07, 6.45) is 0. The second kappa shape index (κ2) is 8.60. The maximum absolute atomic E-state index is 12.9. The summed E-state index contributed by atoms with van der Waals surface area (Å²) in [6, 6.07) is -0.266. The maximum atomic E-state index is 12.9. The standard InChI is InChI=1S/C19H30N4O3/c1-6-20-16(25)11-22-7-9-23(10-8-22)14(4)19(26)18-12(2)17(15(5)24)13(3)21-18/h14,21H,6-11H2,1-5H3,(H,20,25). The molecule has 0 spiro atoms. The summed E-state index contributed by atoms with van der Waals surface area (Å²) in [5.41, 5.74) is 2.64. The number of carbonyl (C=O) groups is 3. The molecule has 1 fully saturated rings. The van der Waals surface area contributed by atoms with Crippen LogP contribution in [0.15, 0.2) is 0 Å². The summed E-state index contributed by atoms with van der Waals surface area (Å²) < 4.78 is 0. The monoisotopic (exact) mass is 362 g/mol. The first-order chi connectivity index (χ1) is 12.3. The van der Waals surface area contributed by atoms with Gasteiger partial charge in [-0.15, -0.1) is 0 Å². The number of nitrogens with zero attached hydrogens (tertiary/aromatic N) is 2. The average molecular weight is 362 g/mol. The fourth-order valence-corrected chi connectivity index (χ4v) is 3.66. The molecule has 1 atom stereocenters. The van der Waals surface area contributed by atoms with Crippen molar-refractivity contribution in [2.24, 2.45) is 0 Å². The van der Waals surface area contributed by atoms with Crippen LogP contribution in [0.4, 0.5) is 0 Å². The zero-order chi connectivity index (χ0) is 19.4. The minimum Gasteiger partial charge on any atom is -0.355 e. The van der Waals surface area contributed by atoms with E-state index in [4.69, 9.17) is 0 Å². The highest BCUT2D eigenvalue weighted by molar-refractivity contribution is 6.05. The molecule has 0 radical (unpaired) electrons. The van der Waals surface area contributed by atoms with E-state index in [2.05, 4.69) is 20.1 Å². The van der Waals surface area contributed by atoms with Gasteiger partial charge in [-0.1, -0.05) is 0 Å². The number of hydrogen-bond acceptors (Lipinski definition) is 5. The van der Waals surface area contributed by atoms with Gasteiger partial charge in [0, 0.05) is 44.0 Å². The van der Waals surface area contributed by atoms with Crippen LogP contribution >= 0.6 is 0 Å². The number of aryl methyl sites for hydroxylation is 1. The predicted octanol–water partition coefficient (Wildman–Crippen LogP) is 1.16. The SMILES string of the molecule is CCNC(=O)CN1CCN(C(C)C(=O)c2[nH]c(C)c(C(C)=O)c2C)CC1. The van der Waals surface area contributed by atoms with Gasteiger partial charge in [-0.05, 0) is 40.2 Å². The number of Topliss-reactive ketones (excluding diaryl/α,β-unsaturated/α-hetero) is 2. The van der Waals surface area contributed by atoms with Crippen LogP contribution < -0.4 is 5.32 Å². The average Bonchev–Trinajstić information content (AvgIpc) is 2.89. The van der Waals surface area contributed by atoms with Crippen LogP contribution in [0, 0.1) is 13.8 Å². The third kappa shape index (κ3) is 4.40. The zero-order valence-electron chi connectivity index (χ0n) is 16.4. The molecule has 7 nitrogen and oxygen atoms in total. The van der Waals surface area contributed by atoms with E-state index in [-0.39, 0.29) is 23.5 Å². The first-order valence-electron chi connectivity index (χ1n) is 9.23. The first-order valence-corrected chi connectivity index (χ1v) is 9.23. The van der Waals surface area contributed by atoms with Crippen molar-refractivity contribution in [2.45, 2.75) is 40.7 Å². The number of aromatic nitrogens is 1. The number of hydrogen-bond donors (Lipinski definition) is 2. The van der Waals surface area contributed by atoms with Gasteiger partial charge in [-0.2, -0.15) is 0 Å². The lowest BCUT2D eigenvalue weighted by molar-refractivity contribution is -0.122. The molecule has 1 aliphatic heterocycles. The summed E-state index contributed by atoms with van der Waals surface area (Å²) in [5.74, 6) is 0.0246. The van der Waals surface area contributed by atoms with Crippen LogP contribution in [0.3, 0.4) is 0 Å². The molecule has 0 bridgehead atoms. The van der Waals surface area contributed by atoms with Gasteiger partial charge >= 0.3 is 0 Å². The number of aromatic amines is 1.